The number of aliphatic hydroxyl groups is 1. The van der Waals surface area contributed by atoms with E-state index in [4.69, 9.17) is 0 Å². The number of phenols is 1. The van der Waals surface area contributed by atoms with Crippen molar-refractivity contribution in [3.8, 4) is 5.75 Å². The number of benzene rings is 2. The van der Waals surface area contributed by atoms with Gasteiger partial charge in [-0.1, -0.05) is 62.9 Å². The molecular weight excluding hydrogens is 380 g/mol. The van der Waals surface area contributed by atoms with Crippen LogP contribution in [-0.4, -0.2) is 10.2 Å². The minimum Gasteiger partial charge on any atom is -0.508 e. The average molecular weight is 421 g/mol. The van der Waals surface area contributed by atoms with Crippen molar-refractivity contribution >= 4 is 0 Å². The third-order valence-corrected chi connectivity index (χ3v) is 7.89. The number of phenolic OH excluding ortho intramolecular Hbond substituents is 1. The second-order valence-corrected chi connectivity index (χ2v) is 10.2. The summed E-state index contributed by atoms with van der Waals surface area (Å²) in [7, 11) is 0. The number of aryl methyl sites for hydroxylation is 2. The lowest BCUT2D eigenvalue weighted by Crippen LogP contribution is -2.17. The van der Waals surface area contributed by atoms with Gasteiger partial charge in [-0.3, -0.25) is 0 Å². The van der Waals surface area contributed by atoms with Crippen molar-refractivity contribution in [1.29, 1.82) is 0 Å². The molecule has 0 saturated heterocycles. The molecule has 0 aliphatic heterocycles. The first-order valence-electron chi connectivity index (χ1n) is 12.7. The van der Waals surface area contributed by atoms with Crippen LogP contribution in [0.3, 0.4) is 0 Å². The second-order valence-electron chi connectivity index (χ2n) is 10.2. The van der Waals surface area contributed by atoms with E-state index in [-0.39, 0.29) is 6.10 Å². The quantitative estimate of drug-likeness (QED) is 0.508. The lowest BCUT2D eigenvalue weighted by molar-refractivity contribution is 0.129. The third kappa shape index (κ3) is 5.92. The summed E-state index contributed by atoms with van der Waals surface area (Å²) in [6, 6.07) is 14.8. The van der Waals surface area contributed by atoms with Crippen LogP contribution in [0.2, 0.25) is 0 Å². The molecule has 2 aliphatic rings. The molecule has 0 aromatic heterocycles. The number of rotatable bonds is 6. The Kier molecular flexibility index (Phi) is 7.72. The molecule has 4 rings (SSSR count). The Morgan fingerprint density at radius 3 is 2.52 bits per heavy atom. The summed E-state index contributed by atoms with van der Waals surface area (Å²) in [4.78, 5) is 0. The Balaban J connectivity index is 1.26. The molecule has 2 aromatic carbocycles. The van der Waals surface area contributed by atoms with Crippen molar-refractivity contribution in [2.24, 2.45) is 11.8 Å². The minimum atomic E-state index is -0.382. The van der Waals surface area contributed by atoms with E-state index in [1.807, 2.05) is 12.1 Å². The molecule has 0 spiro atoms. The predicted octanol–water partition coefficient (Wildman–Crippen LogP) is 7.47. The molecule has 0 radical (unpaired) electrons. The summed E-state index contributed by atoms with van der Waals surface area (Å²) in [6.07, 6.45) is 14.2. The third-order valence-electron chi connectivity index (χ3n) is 7.89. The van der Waals surface area contributed by atoms with Gasteiger partial charge in [-0.2, -0.15) is 0 Å². The molecule has 168 valence electrons. The van der Waals surface area contributed by atoms with E-state index < -0.39 is 0 Å². The summed E-state index contributed by atoms with van der Waals surface area (Å²) >= 11 is 0. The van der Waals surface area contributed by atoms with Crippen molar-refractivity contribution in [1.82, 2.24) is 0 Å². The minimum absolute atomic E-state index is 0.316. The molecule has 2 unspecified atom stereocenters. The van der Waals surface area contributed by atoms with Gasteiger partial charge in [-0.15, -0.1) is 0 Å². The van der Waals surface area contributed by atoms with Crippen molar-refractivity contribution in [3.63, 3.8) is 0 Å². The summed E-state index contributed by atoms with van der Waals surface area (Å²) in [5.74, 6) is 2.56. The Labute approximate surface area is 188 Å². The van der Waals surface area contributed by atoms with E-state index in [9.17, 15) is 10.2 Å². The molecule has 2 aliphatic carbocycles. The van der Waals surface area contributed by atoms with Gasteiger partial charge in [0.05, 0.1) is 6.10 Å². The zero-order chi connectivity index (χ0) is 21.6. The maximum absolute atomic E-state index is 10.8. The van der Waals surface area contributed by atoms with Crippen LogP contribution in [0.5, 0.6) is 5.75 Å². The molecule has 2 N–H and O–H groups in total. The highest BCUT2D eigenvalue weighted by Gasteiger charge is 2.25. The predicted molar refractivity (Wildman–Crippen MR) is 128 cm³/mol. The molecule has 0 bridgehead atoms. The highest BCUT2D eigenvalue weighted by Crippen LogP contribution is 2.40. The lowest BCUT2D eigenvalue weighted by Gasteiger charge is -2.31. The van der Waals surface area contributed by atoms with Crippen molar-refractivity contribution in [2.75, 3.05) is 0 Å². The normalized spacial score (nSPS) is 26.6. The SMILES string of the molecule is CCCc1cccc(C2CCC(CCC3CCCc4cc(O)ccc4C(O)C3)CC2)c1. The van der Waals surface area contributed by atoms with Gasteiger partial charge in [0.25, 0.3) is 0 Å². The Hall–Kier alpha value is -1.80. The first-order valence-corrected chi connectivity index (χ1v) is 12.7. The highest BCUT2D eigenvalue weighted by molar-refractivity contribution is 5.36. The first kappa shape index (κ1) is 22.4. The number of fused-ring (bicyclic) bond motifs is 1. The number of aliphatic hydroxyl groups excluding tert-OH is 1. The Bertz CT molecular complexity index is 834. The van der Waals surface area contributed by atoms with Crippen LogP contribution in [0.15, 0.2) is 42.5 Å². The first-order chi connectivity index (χ1) is 15.1. The van der Waals surface area contributed by atoms with E-state index in [2.05, 4.69) is 31.2 Å². The van der Waals surface area contributed by atoms with Crippen LogP contribution in [0.4, 0.5) is 0 Å². The fourth-order valence-electron chi connectivity index (χ4n) is 6.08. The van der Waals surface area contributed by atoms with E-state index in [1.54, 1.807) is 11.6 Å². The van der Waals surface area contributed by atoms with E-state index in [0.717, 1.165) is 42.2 Å². The van der Waals surface area contributed by atoms with Gasteiger partial charge in [0, 0.05) is 0 Å². The molecule has 0 heterocycles. The molecular formula is C29H40O2. The van der Waals surface area contributed by atoms with Gasteiger partial charge in [0.1, 0.15) is 5.75 Å². The van der Waals surface area contributed by atoms with E-state index in [0.29, 0.717) is 11.7 Å². The number of hydrogen-bond acceptors (Lipinski definition) is 2. The second kappa shape index (κ2) is 10.7. The monoisotopic (exact) mass is 420 g/mol. The molecule has 2 heteroatoms. The van der Waals surface area contributed by atoms with Crippen LogP contribution in [-0.2, 0) is 12.8 Å². The summed E-state index contributed by atoms with van der Waals surface area (Å²) in [6.45, 7) is 2.26. The zero-order valence-electron chi connectivity index (χ0n) is 19.2. The van der Waals surface area contributed by atoms with Crippen molar-refractivity contribution in [2.45, 2.75) is 96.0 Å². The summed E-state index contributed by atoms with van der Waals surface area (Å²) in [5, 5.41) is 20.6. The van der Waals surface area contributed by atoms with Crippen LogP contribution in [0.1, 0.15) is 105 Å². The maximum atomic E-state index is 10.8. The molecule has 2 nitrogen and oxygen atoms in total. The zero-order valence-corrected chi connectivity index (χ0v) is 19.2. The van der Waals surface area contributed by atoms with Gasteiger partial charge in [0.15, 0.2) is 0 Å². The fourth-order valence-corrected chi connectivity index (χ4v) is 6.08. The van der Waals surface area contributed by atoms with Crippen LogP contribution >= 0.6 is 0 Å². The van der Waals surface area contributed by atoms with Gasteiger partial charge >= 0.3 is 0 Å². The Morgan fingerprint density at radius 1 is 0.903 bits per heavy atom. The van der Waals surface area contributed by atoms with Crippen LogP contribution < -0.4 is 0 Å². The van der Waals surface area contributed by atoms with Crippen molar-refractivity contribution < 1.29 is 10.2 Å². The summed E-state index contributed by atoms with van der Waals surface area (Å²) < 4.78 is 0. The molecule has 1 fully saturated rings. The van der Waals surface area contributed by atoms with Crippen LogP contribution in [0.25, 0.3) is 0 Å². The summed E-state index contributed by atoms with van der Waals surface area (Å²) in [5.41, 5.74) is 5.24. The van der Waals surface area contributed by atoms with E-state index in [1.165, 1.54) is 63.4 Å². The van der Waals surface area contributed by atoms with E-state index >= 15 is 0 Å². The molecule has 31 heavy (non-hydrogen) atoms. The van der Waals surface area contributed by atoms with Gasteiger partial charge in [-0.05, 0) is 104 Å². The smallest absolute Gasteiger partial charge is 0.115 e. The maximum Gasteiger partial charge on any atom is 0.115 e. The molecule has 0 amide bonds. The van der Waals surface area contributed by atoms with Gasteiger partial charge < -0.3 is 10.2 Å². The lowest BCUT2D eigenvalue weighted by atomic mass is 9.75. The molecule has 2 atom stereocenters. The highest BCUT2D eigenvalue weighted by atomic mass is 16.3. The van der Waals surface area contributed by atoms with Gasteiger partial charge in [-0.25, -0.2) is 0 Å². The number of hydrogen-bond donors (Lipinski definition) is 2. The standard InChI is InChI=1S/C29H40O2/c1-2-5-22-6-3-8-25(18-22)24-14-12-21(13-15-24)10-11-23-7-4-9-26-20-27(30)16-17-28(26)29(31)19-23/h3,6,8,16-18,20-21,23-24,29-31H,2,4-5,7,9-15,19H2,1H3. The Morgan fingerprint density at radius 2 is 1.71 bits per heavy atom. The average Bonchev–Trinajstić information content (AvgIpc) is 2.77. The fraction of sp³-hybridized carbons (Fsp3) is 0.586. The van der Waals surface area contributed by atoms with Crippen molar-refractivity contribution in [3.05, 3.63) is 64.7 Å². The molecule has 2 aromatic rings. The largest absolute Gasteiger partial charge is 0.508 e. The van der Waals surface area contributed by atoms with Gasteiger partial charge in [0.2, 0.25) is 0 Å². The van der Waals surface area contributed by atoms with Crippen LogP contribution in [0, 0.1) is 11.8 Å². The topological polar surface area (TPSA) is 40.5 Å². The number of aromatic hydroxyl groups is 1. The molecule has 1 saturated carbocycles.